The molecule has 0 saturated carbocycles. The third-order valence-electron chi connectivity index (χ3n) is 3.30. The van der Waals surface area contributed by atoms with Crippen LogP contribution in [0.5, 0.6) is 0 Å². The van der Waals surface area contributed by atoms with Gasteiger partial charge in [0, 0.05) is 10.6 Å². The van der Waals surface area contributed by atoms with E-state index >= 15 is 0 Å². The van der Waals surface area contributed by atoms with Crippen molar-refractivity contribution in [1.82, 2.24) is 0 Å². The first-order valence-electron chi connectivity index (χ1n) is 5.37. The number of hydrogen-bond acceptors (Lipinski definition) is 1. The Balaban J connectivity index is 2.28. The van der Waals surface area contributed by atoms with E-state index in [-0.39, 0.29) is 0 Å². The van der Waals surface area contributed by atoms with Crippen molar-refractivity contribution in [3.63, 3.8) is 0 Å². The molecule has 1 aromatic carbocycles. The standard InChI is InChI=1S/C13H17S/c1-3-13(4-2)9-11-7-5-6-8-12(11)14-10-13/h5-9H,3-4,10H2,1-2H3. The summed E-state index contributed by atoms with van der Waals surface area (Å²) >= 11 is 2.01. The lowest BCUT2D eigenvalue weighted by atomic mass is 9.78. The van der Waals surface area contributed by atoms with Crippen LogP contribution in [-0.2, 0) is 0 Å². The zero-order chi connectivity index (χ0) is 10.0. The molecule has 2 rings (SSSR count). The number of rotatable bonds is 2. The normalized spacial score (nSPS) is 19.0. The van der Waals surface area contributed by atoms with E-state index in [1.807, 2.05) is 11.8 Å². The van der Waals surface area contributed by atoms with Gasteiger partial charge >= 0.3 is 0 Å². The average Bonchev–Trinajstić information content (AvgIpc) is 2.28. The Morgan fingerprint density at radius 3 is 2.64 bits per heavy atom. The lowest BCUT2D eigenvalue weighted by Gasteiger charge is -2.35. The summed E-state index contributed by atoms with van der Waals surface area (Å²) < 4.78 is 0. The largest absolute Gasteiger partial charge is 0.125 e. The van der Waals surface area contributed by atoms with Crippen molar-refractivity contribution in [2.45, 2.75) is 31.6 Å². The SMILES string of the molecule is CCC1(CC)[CH]c2ccccc2SC1. The van der Waals surface area contributed by atoms with Crippen LogP contribution >= 0.6 is 11.8 Å². The lowest BCUT2D eigenvalue weighted by molar-refractivity contribution is 0.372. The monoisotopic (exact) mass is 205 g/mol. The summed E-state index contributed by atoms with van der Waals surface area (Å²) in [6.45, 7) is 4.60. The Hall–Kier alpha value is -0.430. The van der Waals surface area contributed by atoms with Crippen LogP contribution in [0.2, 0.25) is 0 Å². The Morgan fingerprint density at radius 1 is 1.21 bits per heavy atom. The third kappa shape index (κ3) is 1.70. The van der Waals surface area contributed by atoms with Crippen molar-refractivity contribution in [2.75, 3.05) is 5.75 Å². The molecule has 0 amide bonds. The van der Waals surface area contributed by atoms with Gasteiger partial charge in [-0.25, -0.2) is 0 Å². The smallest absolute Gasteiger partial charge is 0.0107 e. The maximum atomic E-state index is 2.48. The minimum absolute atomic E-state index is 0.443. The van der Waals surface area contributed by atoms with Gasteiger partial charge in [-0.05, 0) is 36.3 Å². The molecule has 0 aromatic heterocycles. The van der Waals surface area contributed by atoms with Gasteiger partial charge in [-0.1, -0.05) is 32.0 Å². The molecule has 1 aromatic rings. The topological polar surface area (TPSA) is 0 Å². The first kappa shape index (κ1) is 10.1. The number of benzene rings is 1. The highest BCUT2D eigenvalue weighted by Gasteiger charge is 2.31. The highest BCUT2D eigenvalue weighted by Crippen LogP contribution is 2.45. The molecule has 1 radical (unpaired) electrons. The Labute approximate surface area is 91.1 Å². The molecule has 0 aliphatic carbocycles. The molecule has 0 fully saturated rings. The van der Waals surface area contributed by atoms with Crippen molar-refractivity contribution >= 4 is 11.8 Å². The molecule has 0 bridgehead atoms. The van der Waals surface area contributed by atoms with E-state index in [0.717, 1.165) is 0 Å². The highest BCUT2D eigenvalue weighted by atomic mass is 32.2. The first-order chi connectivity index (χ1) is 6.79. The summed E-state index contributed by atoms with van der Waals surface area (Å²) in [6, 6.07) is 8.73. The van der Waals surface area contributed by atoms with Crippen molar-refractivity contribution in [3.8, 4) is 0 Å². The van der Waals surface area contributed by atoms with Gasteiger partial charge < -0.3 is 0 Å². The predicted octanol–water partition coefficient (Wildman–Crippen LogP) is 4.15. The molecule has 1 heteroatoms. The maximum Gasteiger partial charge on any atom is 0.0107 e. The van der Waals surface area contributed by atoms with Gasteiger partial charge in [0.15, 0.2) is 0 Å². The molecule has 0 atom stereocenters. The summed E-state index contributed by atoms with van der Waals surface area (Å²) in [4.78, 5) is 1.45. The number of fused-ring (bicyclic) bond motifs is 1. The van der Waals surface area contributed by atoms with Crippen LogP contribution < -0.4 is 0 Å². The fraction of sp³-hybridized carbons (Fsp3) is 0.462. The molecule has 0 unspecified atom stereocenters. The molecule has 0 spiro atoms. The fourth-order valence-electron chi connectivity index (χ4n) is 1.98. The molecule has 1 heterocycles. The van der Waals surface area contributed by atoms with E-state index in [9.17, 15) is 0 Å². The summed E-state index contributed by atoms with van der Waals surface area (Å²) in [5.74, 6) is 1.25. The van der Waals surface area contributed by atoms with Crippen molar-refractivity contribution in [1.29, 1.82) is 0 Å². The Kier molecular flexibility index (Phi) is 2.87. The summed E-state index contributed by atoms with van der Waals surface area (Å²) in [7, 11) is 0. The van der Waals surface area contributed by atoms with Crippen LogP contribution in [0, 0.1) is 11.8 Å². The lowest BCUT2D eigenvalue weighted by Crippen LogP contribution is -2.26. The number of hydrogen-bond donors (Lipinski definition) is 0. The van der Waals surface area contributed by atoms with E-state index in [1.54, 1.807) is 0 Å². The van der Waals surface area contributed by atoms with E-state index < -0.39 is 0 Å². The van der Waals surface area contributed by atoms with Crippen molar-refractivity contribution in [2.24, 2.45) is 5.41 Å². The molecule has 1 aliphatic heterocycles. The predicted molar refractivity (Wildman–Crippen MR) is 63.6 cm³/mol. The third-order valence-corrected chi connectivity index (χ3v) is 4.71. The molecule has 1 aliphatic rings. The fourth-order valence-corrected chi connectivity index (χ4v) is 3.39. The van der Waals surface area contributed by atoms with Crippen molar-refractivity contribution < 1.29 is 0 Å². The molecule has 0 saturated heterocycles. The molecule has 75 valence electrons. The molecule has 0 N–H and O–H groups in total. The van der Waals surface area contributed by atoms with E-state index in [1.165, 1.54) is 29.1 Å². The highest BCUT2D eigenvalue weighted by molar-refractivity contribution is 7.99. The first-order valence-corrected chi connectivity index (χ1v) is 6.36. The zero-order valence-corrected chi connectivity index (χ0v) is 9.73. The second kappa shape index (κ2) is 3.98. The minimum atomic E-state index is 0.443. The Bertz CT molecular complexity index is 313. The second-order valence-corrected chi connectivity index (χ2v) is 5.06. The van der Waals surface area contributed by atoms with Crippen LogP contribution in [0.1, 0.15) is 32.3 Å². The molecular formula is C13H17S. The summed E-state index contributed by atoms with van der Waals surface area (Å²) in [5, 5.41) is 0. The Morgan fingerprint density at radius 2 is 1.93 bits per heavy atom. The van der Waals surface area contributed by atoms with Crippen LogP contribution in [0.15, 0.2) is 29.2 Å². The van der Waals surface area contributed by atoms with Crippen LogP contribution in [-0.4, -0.2) is 5.75 Å². The van der Waals surface area contributed by atoms with Gasteiger partial charge in [-0.15, -0.1) is 11.8 Å². The zero-order valence-electron chi connectivity index (χ0n) is 8.92. The second-order valence-electron chi connectivity index (χ2n) is 4.04. The van der Waals surface area contributed by atoms with Gasteiger partial charge in [0.05, 0.1) is 0 Å². The van der Waals surface area contributed by atoms with Gasteiger partial charge in [0.2, 0.25) is 0 Å². The van der Waals surface area contributed by atoms with Gasteiger partial charge in [-0.3, -0.25) is 0 Å². The average molecular weight is 205 g/mol. The molecule has 14 heavy (non-hydrogen) atoms. The van der Waals surface area contributed by atoms with Crippen molar-refractivity contribution in [3.05, 3.63) is 36.2 Å². The molecular weight excluding hydrogens is 188 g/mol. The quantitative estimate of drug-likeness (QED) is 0.699. The van der Waals surface area contributed by atoms with Gasteiger partial charge in [-0.2, -0.15) is 0 Å². The van der Waals surface area contributed by atoms with Crippen LogP contribution in [0.4, 0.5) is 0 Å². The van der Waals surface area contributed by atoms with Crippen LogP contribution in [0.3, 0.4) is 0 Å². The number of thioether (sulfide) groups is 1. The maximum absolute atomic E-state index is 2.48. The molecule has 0 nitrogen and oxygen atoms in total. The summed E-state index contributed by atoms with van der Waals surface area (Å²) in [5.41, 5.74) is 1.88. The van der Waals surface area contributed by atoms with E-state index in [4.69, 9.17) is 0 Å². The minimum Gasteiger partial charge on any atom is -0.125 e. The van der Waals surface area contributed by atoms with Crippen LogP contribution in [0.25, 0.3) is 0 Å². The van der Waals surface area contributed by atoms with Gasteiger partial charge in [0.1, 0.15) is 0 Å². The van der Waals surface area contributed by atoms with E-state index in [0.29, 0.717) is 5.41 Å². The van der Waals surface area contributed by atoms with Gasteiger partial charge in [0.25, 0.3) is 0 Å². The van der Waals surface area contributed by atoms with E-state index in [2.05, 4.69) is 44.5 Å². The summed E-state index contributed by atoms with van der Waals surface area (Å²) in [6.07, 6.45) is 4.99.